The summed E-state index contributed by atoms with van der Waals surface area (Å²) in [6.07, 6.45) is 1.70. The van der Waals surface area contributed by atoms with E-state index in [0.717, 1.165) is 12.8 Å². The molecule has 4 nitrogen and oxygen atoms in total. The summed E-state index contributed by atoms with van der Waals surface area (Å²) in [5.74, 6) is 0. The fourth-order valence-electron chi connectivity index (χ4n) is 2.39. The molecule has 0 saturated carbocycles. The SMILES string of the molecule is CC1CCC(C(O)C2(C#N)CCOC2)O1. The molecule has 1 N–H and O–H groups in total. The predicted molar refractivity (Wildman–Crippen MR) is 53.1 cm³/mol. The Kier molecular flexibility index (Phi) is 2.96. The summed E-state index contributed by atoms with van der Waals surface area (Å²) >= 11 is 0. The van der Waals surface area contributed by atoms with Crippen molar-refractivity contribution in [2.75, 3.05) is 13.2 Å². The van der Waals surface area contributed by atoms with E-state index in [1.807, 2.05) is 6.92 Å². The minimum Gasteiger partial charge on any atom is -0.389 e. The highest BCUT2D eigenvalue weighted by molar-refractivity contribution is 5.08. The number of nitriles is 1. The highest BCUT2D eigenvalue weighted by Gasteiger charge is 2.47. The molecule has 2 saturated heterocycles. The van der Waals surface area contributed by atoms with Crippen molar-refractivity contribution >= 4 is 0 Å². The Balaban J connectivity index is 2.06. The van der Waals surface area contributed by atoms with Crippen LogP contribution in [0.5, 0.6) is 0 Å². The van der Waals surface area contributed by atoms with E-state index in [4.69, 9.17) is 14.7 Å². The van der Waals surface area contributed by atoms with Crippen molar-refractivity contribution in [2.45, 2.75) is 44.5 Å². The molecule has 4 unspecified atom stereocenters. The lowest BCUT2D eigenvalue weighted by molar-refractivity contribution is -0.0730. The van der Waals surface area contributed by atoms with Crippen LogP contribution in [0, 0.1) is 16.7 Å². The molecule has 4 heteroatoms. The number of hydrogen-bond acceptors (Lipinski definition) is 4. The molecular weight excluding hydrogens is 194 g/mol. The average molecular weight is 211 g/mol. The van der Waals surface area contributed by atoms with Crippen LogP contribution in [0.1, 0.15) is 26.2 Å². The molecule has 2 aliphatic heterocycles. The van der Waals surface area contributed by atoms with Crippen LogP contribution in [-0.2, 0) is 9.47 Å². The highest BCUT2D eigenvalue weighted by Crippen LogP contribution is 2.37. The van der Waals surface area contributed by atoms with Gasteiger partial charge in [-0.25, -0.2) is 0 Å². The van der Waals surface area contributed by atoms with Gasteiger partial charge in [0.25, 0.3) is 0 Å². The van der Waals surface area contributed by atoms with E-state index >= 15 is 0 Å². The number of hydrogen-bond donors (Lipinski definition) is 1. The Morgan fingerprint density at radius 1 is 1.53 bits per heavy atom. The minimum atomic E-state index is -0.741. The van der Waals surface area contributed by atoms with Gasteiger partial charge in [0.15, 0.2) is 0 Å². The molecule has 0 aromatic rings. The maximum absolute atomic E-state index is 10.2. The second kappa shape index (κ2) is 4.09. The fraction of sp³-hybridized carbons (Fsp3) is 0.909. The van der Waals surface area contributed by atoms with Gasteiger partial charge in [0.1, 0.15) is 11.5 Å². The molecule has 0 radical (unpaired) electrons. The third-order valence-corrected chi connectivity index (χ3v) is 3.46. The van der Waals surface area contributed by atoms with Crippen LogP contribution in [-0.4, -0.2) is 36.6 Å². The third-order valence-electron chi connectivity index (χ3n) is 3.46. The van der Waals surface area contributed by atoms with Crippen molar-refractivity contribution in [3.05, 3.63) is 0 Å². The second-order valence-electron chi connectivity index (χ2n) is 4.58. The zero-order valence-electron chi connectivity index (χ0n) is 8.98. The van der Waals surface area contributed by atoms with E-state index < -0.39 is 11.5 Å². The standard InChI is InChI=1S/C11H17NO3/c1-8-2-3-9(15-8)10(13)11(6-12)4-5-14-7-11/h8-10,13H,2-5,7H2,1H3. The molecule has 0 aromatic carbocycles. The van der Waals surface area contributed by atoms with E-state index in [1.54, 1.807) is 0 Å². The van der Waals surface area contributed by atoms with Gasteiger partial charge in [-0.15, -0.1) is 0 Å². The summed E-state index contributed by atoms with van der Waals surface area (Å²) < 4.78 is 10.8. The Morgan fingerprint density at radius 2 is 2.33 bits per heavy atom. The lowest BCUT2D eigenvalue weighted by Crippen LogP contribution is -2.43. The van der Waals surface area contributed by atoms with Gasteiger partial charge in [0, 0.05) is 6.61 Å². The van der Waals surface area contributed by atoms with Gasteiger partial charge in [-0.3, -0.25) is 0 Å². The van der Waals surface area contributed by atoms with Gasteiger partial charge in [-0.1, -0.05) is 0 Å². The Morgan fingerprint density at radius 3 is 2.80 bits per heavy atom. The lowest BCUT2D eigenvalue weighted by atomic mass is 9.80. The summed E-state index contributed by atoms with van der Waals surface area (Å²) in [5, 5.41) is 19.4. The lowest BCUT2D eigenvalue weighted by Gasteiger charge is -2.29. The highest BCUT2D eigenvalue weighted by atomic mass is 16.5. The molecule has 0 aliphatic carbocycles. The van der Waals surface area contributed by atoms with Crippen molar-refractivity contribution in [3.63, 3.8) is 0 Å². The predicted octanol–water partition coefficient (Wildman–Crippen LogP) is 0.845. The van der Waals surface area contributed by atoms with Crippen molar-refractivity contribution in [1.82, 2.24) is 0 Å². The average Bonchev–Trinajstić information content (AvgIpc) is 2.86. The molecular formula is C11H17NO3. The number of aliphatic hydroxyl groups excluding tert-OH is 1. The molecule has 84 valence electrons. The summed E-state index contributed by atoms with van der Waals surface area (Å²) in [5.41, 5.74) is -0.741. The molecule has 2 fully saturated rings. The van der Waals surface area contributed by atoms with Gasteiger partial charge in [-0.2, -0.15) is 5.26 Å². The van der Waals surface area contributed by atoms with Crippen molar-refractivity contribution < 1.29 is 14.6 Å². The summed E-state index contributed by atoms with van der Waals surface area (Å²) in [6, 6.07) is 2.21. The van der Waals surface area contributed by atoms with Crippen molar-refractivity contribution in [2.24, 2.45) is 5.41 Å². The quantitative estimate of drug-likeness (QED) is 0.735. The van der Waals surface area contributed by atoms with E-state index in [9.17, 15) is 5.11 Å². The van der Waals surface area contributed by atoms with Gasteiger partial charge in [-0.05, 0) is 26.2 Å². The Labute approximate surface area is 89.8 Å². The van der Waals surface area contributed by atoms with Gasteiger partial charge >= 0.3 is 0 Å². The molecule has 2 heterocycles. The van der Waals surface area contributed by atoms with Crippen LogP contribution >= 0.6 is 0 Å². The Hall–Kier alpha value is -0.630. The van der Waals surface area contributed by atoms with E-state index in [2.05, 4.69) is 6.07 Å². The number of rotatable bonds is 2. The molecule has 0 aromatic heterocycles. The molecule has 4 atom stereocenters. The largest absolute Gasteiger partial charge is 0.389 e. The van der Waals surface area contributed by atoms with Crippen molar-refractivity contribution in [3.8, 4) is 6.07 Å². The molecule has 2 aliphatic rings. The van der Waals surface area contributed by atoms with Crippen molar-refractivity contribution in [1.29, 1.82) is 5.26 Å². The van der Waals surface area contributed by atoms with Gasteiger partial charge in [0.2, 0.25) is 0 Å². The van der Waals surface area contributed by atoms with Crippen LogP contribution in [0.15, 0.2) is 0 Å². The van der Waals surface area contributed by atoms with Crippen LogP contribution in [0.25, 0.3) is 0 Å². The molecule has 0 spiro atoms. The summed E-state index contributed by atoms with van der Waals surface area (Å²) in [6.45, 7) is 2.89. The van der Waals surface area contributed by atoms with Crippen LogP contribution in [0.2, 0.25) is 0 Å². The first-order valence-corrected chi connectivity index (χ1v) is 5.50. The van der Waals surface area contributed by atoms with Crippen LogP contribution in [0.3, 0.4) is 0 Å². The number of nitrogens with zero attached hydrogens (tertiary/aromatic N) is 1. The van der Waals surface area contributed by atoms with Crippen LogP contribution < -0.4 is 0 Å². The van der Waals surface area contributed by atoms with E-state index in [0.29, 0.717) is 19.6 Å². The minimum absolute atomic E-state index is 0.193. The second-order valence-corrected chi connectivity index (χ2v) is 4.58. The normalized spacial score (nSPS) is 42.7. The first kappa shape index (κ1) is 10.9. The maximum atomic E-state index is 10.2. The van der Waals surface area contributed by atoms with Crippen LogP contribution in [0.4, 0.5) is 0 Å². The van der Waals surface area contributed by atoms with Gasteiger partial charge < -0.3 is 14.6 Å². The number of aliphatic hydroxyl groups is 1. The first-order valence-electron chi connectivity index (χ1n) is 5.50. The van der Waals surface area contributed by atoms with E-state index in [1.165, 1.54) is 0 Å². The Bertz CT molecular complexity index is 267. The first-order chi connectivity index (χ1) is 7.18. The van der Waals surface area contributed by atoms with E-state index in [-0.39, 0.29) is 12.2 Å². The molecule has 0 bridgehead atoms. The topological polar surface area (TPSA) is 62.5 Å². The third kappa shape index (κ3) is 1.87. The zero-order chi connectivity index (χ0) is 10.9. The fourth-order valence-corrected chi connectivity index (χ4v) is 2.39. The summed E-state index contributed by atoms with van der Waals surface area (Å²) in [4.78, 5) is 0. The summed E-state index contributed by atoms with van der Waals surface area (Å²) in [7, 11) is 0. The van der Waals surface area contributed by atoms with Gasteiger partial charge in [0.05, 0.1) is 24.9 Å². The monoisotopic (exact) mass is 211 g/mol. The smallest absolute Gasteiger partial charge is 0.111 e. The maximum Gasteiger partial charge on any atom is 0.111 e. The molecule has 2 rings (SSSR count). The molecule has 15 heavy (non-hydrogen) atoms. The zero-order valence-corrected chi connectivity index (χ0v) is 8.98. The number of ether oxygens (including phenoxy) is 2. The molecule has 0 amide bonds.